The Kier molecular flexibility index (Phi) is 7.86. The summed E-state index contributed by atoms with van der Waals surface area (Å²) in [5.74, 6) is -1.72. The Labute approximate surface area is 236 Å². The van der Waals surface area contributed by atoms with Gasteiger partial charge in [-0.2, -0.15) is 9.97 Å². The second kappa shape index (κ2) is 10.9. The number of rotatable bonds is 9. The third-order valence-electron chi connectivity index (χ3n) is 6.54. The molecule has 3 aromatic heterocycles. The van der Waals surface area contributed by atoms with E-state index in [1.807, 2.05) is 0 Å². The summed E-state index contributed by atoms with van der Waals surface area (Å²) in [6, 6.07) is 2.72. The highest BCUT2D eigenvalue weighted by molar-refractivity contribution is 6.29. The number of terminal acetylenes is 1. The summed E-state index contributed by atoms with van der Waals surface area (Å²) >= 11 is 11.9. The van der Waals surface area contributed by atoms with Gasteiger partial charge in [0.2, 0.25) is 5.28 Å². The number of ether oxygens (including phenoxy) is 3. The predicted molar refractivity (Wildman–Crippen MR) is 138 cm³/mol. The maximum absolute atomic E-state index is 12.3. The molecule has 0 aliphatic carbocycles. The minimum atomic E-state index is -2.75. The highest BCUT2D eigenvalue weighted by Gasteiger charge is 2.58. The molecular formula is C24H22Cl2N6O8. The molecule has 1 aliphatic rings. The molecule has 14 nitrogen and oxygen atoms in total. The number of nitrogen functional groups attached to an aromatic ring is 1. The van der Waals surface area contributed by atoms with E-state index in [2.05, 4.69) is 25.9 Å². The van der Waals surface area contributed by atoms with Crippen molar-refractivity contribution in [3.63, 3.8) is 0 Å². The zero-order valence-electron chi connectivity index (χ0n) is 20.9. The quantitative estimate of drug-likeness (QED) is 0.107. The van der Waals surface area contributed by atoms with Gasteiger partial charge < -0.3 is 30.2 Å². The standard InChI is InChI=1S/C24H22Cl2N6O8/c1-4-23(3)13(9-38-24(20(34)35,21(36)37)8-12-5-6-28-14(25)7-12)40-19(16(23)39-11(2)33)32-10-29-15-17(27)30-22(26)31-18(15)32/h1,5-7,10,13,16,19H,8-9H2,2-3H3,(H,34,35)(H,36,37)(H2,27,30,31)/t13-,16+,19-,23+/m1/s1. The second-order valence-electron chi connectivity index (χ2n) is 9.09. The van der Waals surface area contributed by atoms with Gasteiger partial charge in [0.25, 0.3) is 5.60 Å². The molecule has 3 aromatic rings. The summed E-state index contributed by atoms with van der Waals surface area (Å²) in [7, 11) is 0. The van der Waals surface area contributed by atoms with Crippen molar-refractivity contribution in [1.29, 1.82) is 0 Å². The normalized spacial score (nSPS) is 22.6. The molecule has 0 bridgehead atoms. The van der Waals surface area contributed by atoms with Crippen LogP contribution in [0.5, 0.6) is 0 Å². The van der Waals surface area contributed by atoms with E-state index in [1.165, 1.54) is 43.1 Å². The number of halogens is 2. The Morgan fingerprint density at radius 3 is 2.58 bits per heavy atom. The summed E-state index contributed by atoms with van der Waals surface area (Å²) in [6.45, 7) is 2.06. The molecule has 4 atom stereocenters. The van der Waals surface area contributed by atoms with Crippen LogP contribution in [0.25, 0.3) is 11.2 Å². The average molecular weight is 593 g/mol. The van der Waals surface area contributed by atoms with Gasteiger partial charge in [-0.15, -0.1) is 6.42 Å². The molecule has 0 saturated carbocycles. The van der Waals surface area contributed by atoms with Crippen molar-refractivity contribution in [2.45, 2.75) is 44.3 Å². The zero-order chi connectivity index (χ0) is 29.4. The number of nitrogens with two attached hydrogens (primary N) is 1. The Morgan fingerprint density at radius 1 is 1.27 bits per heavy atom. The molecule has 0 aromatic carbocycles. The van der Waals surface area contributed by atoms with Gasteiger partial charge in [-0.3, -0.25) is 9.36 Å². The van der Waals surface area contributed by atoms with E-state index in [0.717, 1.165) is 0 Å². The first kappa shape index (κ1) is 29.0. The van der Waals surface area contributed by atoms with Crippen molar-refractivity contribution in [2.75, 3.05) is 12.3 Å². The number of carboxylic acids is 2. The van der Waals surface area contributed by atoms with Gasteiger partial charge in [-0.1, -0.05) is 17.5 Å². The maximum Gasteiger partial charge on any atom is 0.348 e. The molecule has 210 valence electrons. The molecule has 40 heavy (non-hydrogen) atoms. The first-order valence-electron chi connectivity index (χ1n) is 11.5. The van der Waals surface area contributed by atoms with Crippen molar-refractivity contribution in [3.05, 3.63) is 40.7 Å². The number of carbonyl (C=O) groups excluding carboxylic acids is 1. The first-order valence-corrected chi connectivity index (χ1v) is 12.2. The number of hydrogen-bond donors (Lipinski definition) is 3. The molecular weight excluding hydrogens is 571 g/mol. The largest absolute Gasteiger partial charge is 0.479 e. The molecule has 4 rings (SSSR count). The number of anilines is 1. The Morgan fingerprint density at radius 2 is 1.98 bits per heavy atom. The molecule has 16 heteroatoms. The van der Waals surface area contributed by atoms with Crippen LogP contribution in [0.2, 0.25) is 10.4 Å². The molecule has 0 unspecified atom stereocenters. The van der Waals surface area contributed by atoms with Gasteiger partial charge in [0.15, 0.2) is 23.8 Å². The zero-order valence-corrected chi connectivity index (χ0v) is 22.5. The SMILES string of the molecule is C#C[C@@]1(C)[C@@H](COC(Cc2ccnc(Cl)c2)(C(=O)O)C(=O)O)O[C@@H](n2cnc3c(N)nc(Cl)nc32)[C@@H]1OC(C)=O. The minimum absolute atomic E-state index is 0.0145. The number of carbonyl (C=O) groups is 3. The van der Waals surface area contributed by atoms with Crippen LogP contribution in [0, 0.1) is 17.8 Å². The molecule has 1 fully saturated rings. The minimum Gasteiger partial charge on any atom is -0.479 e. The molecule has 4 N–H and O–H groups in total. The molecule has 1 saturated heterocycles. The van der Waals surface area contributed by atoms with Gasteiger partial charge in [0.05, 0.1) is 18.3 Å². The van der Waals surface area contributed by atoms with Gasteiger partial charge in [-0.25, -0.2) is 19.6 Å². The third kappa shape index (κ3) is 5.11. The highest BCUT2D eigenvalue weighted by Crippen LogP contribution is 2.46. The van der Waals surface area contributed by atoms with E-state index in [4.69, 9.17) is 49.6 Å². The lowest BCUT2D eigenvalue weighted by molar-refractivity contribution is -0.189. The van der Waals surface area contributed by atoms with Crippen LogP contribution in [0.4, 0.5) is 5.82 Å². The molecule has 4 heterocycles. The molecule has 0 spiro atoms. The van der Waals surface area contributed by atoms with Gasteiger partial charge in [0, 0.05) is 19.5 Å². The number of hydrogen-bond acceptors (Lipinski definition) is 11. The summed E-state index contributed by atoms with van der Waals surface area (Å²) in [5.41, 5.74) is 2.27. The Hall–Kier alpha value is -4.03. The number of fused-ring (bicyclic) bond motifs is 1. The summed E-state index contributed by atoms with van der Waals surface area (Å²) in [6.07, 6.45) is 4.35. The van der Waals surface area contributed by atoms with E-state index < -0.39 is 60.4 Å². The highest BCUT2D eigenvalue weighted by atomic mass is 35.5. The Bertz CT molecular complexity index is 1530. The lowest BCUT2D eigenvalue weighted by atomic mass is 9.81. The van der Waals surface area contributed by atoms with Crippen LogP contribution >= 0.6 is 23.2 Å². The van der Waals surface area contributed by atoms with Crippen molar-refractivity contribution < 1.29 is 38.8 Å². The van der Waals surface area contributed by atoms with Crippen LogP contribution in [0.15, 0.2) is 24.7 Å². The lowest BCUT2D eigenvalue weighted by Gasteiger charge is -2.32. The maximum atomic E-state index is 12.3. The smallest absolute Gasteiger partial charge is 0.348 e. The number of aromatic nitrogens is 5. The monoisotopic (exact) mass is 592 g/mol. The van der Waals surface area contributed by atoms with Gasteiger partial charge >= 0.3 is 17.9 Å². The average Bonchev–Trinajstić information content (AvgIpc) is 3.40. The van der Waals surface area contributed by atoms with E-state index in [0.29, 0.717) is 0 Å². The van der Waals surface area contributed by atoms with Crippen molar-refractivity contribution >= 4 is 58.1 Å². The lowest BCUT2D eigenvalue weighted by Crippen LogP contribution is -2.53. The topological polar surface area (TPSA) is 202 Å². The number of pyridine rings is 1. The Balaban J connectivity index is 1.73. The van der Waals surface area contributed by atoms with Crippen molar-refractivity contribution in [1.82, 2.24) is 24.5 Å². The number of aliphatic carboxylic acids is 2. The first-order chi connectivity index (χ1) is 18.8. The van der Waals surface area contributed by atoms with E-state index in [9.17, 15) is 24.6 Å². The molecule has 1 aliphatic heterocycles. The number of carboxylic acid groups (broad SMARTS) is 2. The summed E-state index contributed by atoms with van der Waals surface area (Å²) in [4.78, 5) is 52.7. The fraction of sp³-hybridized carbons (Fsp3) is 0.375. The number of nitrogens with zero attached hydrogens (tertiary/aromatic N) is 5. The summed E-state index contributed by atoms with van der Waals surface area (Å²) in [5, 5.41) is 19.8. The molecule has 0 radical (unpaired) electrons. The van der Waals surface area contributed by atoms with E-state index >= 15 is 0 Å². The van der Waals surface area contributed by atoms with Gasteiger partial charge in [-0.05, 0) is 36.2 Å². The van der Waals surface area contributed by atoms with Crippen molar-refractivity contribution in [2.24, 2.45) is 5.41 Å². The van der Waals surface area contributed by atoms with Crippen LogP contribution in [-0.4, -0.2) is 77.0 Å². The van der Waals surface area contributed by atoms with Crippen LogP contribution in [0.1, 0.15) is 25.6 Å². The van der Waals surface area contributed by atoms with E-state index in [-0.39, 0.29) is 33.0 Å². The van der Waals surface area contributed by atoms with E-state index in [1.54, 1.807) is 0 Å². The fourth-order valence-corrected chi connectivity index (χ4v) is 4.76. The van der Waals surface area contributed by atoms with Gasteiger partial charge in [0.1, 0.15) is 16.8 Å². The number of imidazole rings is 1. The second-order valence-corrected chi connectivity index (χ2v) is 9.81. The third-order valence-corrected chi connectivity index (χ3v) is 6.91. The fourth-order valence-electron chi connectivity index (χ4n) is 4.39. The van der Waals surface area contributed by atoms with Crippen molar-refractivity contribution in [3.8, 4) is 12.3 Å². The van der Waals surface area contributed by atoms with Crippen LogP contribution < -0.4 is 5.73 Å². The van der Waals surface area contributed by atoms with Crippen LogP contribution in [0.3, 0.4) is 0 Å². The number of esters is 1. The summed E-state index contributed by atoms with van der Waals surface area (Å²) < 4.78 is 18.7. The predicted octanol–water partition coefficient (Wildman–Crippen LogP) is 1.75. The van der Waals surface area contributed by atoms with Crippen LogP contribution in [-0.2, 0) is 35.0 Å². The molecule has 0 amide bonds.